The van der Waals surface area contributed by atoms with E-state index < -0.39 is 19.8 Å². The van der Waals surface area contributed by atoms with Crippen molar-refractivity contribution in [3.05, 3.63) is 52.8 Å². The first-order valence-electron chi connectivity index (χ1n) is 9.90. The van der Waals surface area contributed by atoms with Gasteiger partial charge in [0, 0.05) is 23.9 Å². The molecule has 1 unspecified atom stereocenters. The SMILES string of the molecule is Cc1ccc(OP(=O)(N[C@@H](C)C(=O)OC(C)C)OCc2cnc(C)c(O)c2CN)cc1. The van der Waals surface area contributed by atoms with Crippen molar-refractivity contribution in [2.45, 2.75) is 59.9 Å². The Morgan fingerprint density at radius 2 is 1.87 bits per heavy atom. The maximum atomic E-state index is 13.5. The molecule has 0 radical (unpaired) electrons. The number of nitrogens with one attached hydrogen (secondary N) is 1. The van der Waals surface area contributed by atoms with Gasteiger partial charge in [0.15, 0.2) is 0 Å². The molecule has 0 saturated carbocycles. The Bertz CT molecular complexity index is 949. The molecule has 4 N–H and O–H groups in total. The lowest BCUT2D eigenvalue weighted by atomic mass is 10.1. The minimum atomic E-state index is -4.03. The third kappa shape index (κ3) is 7.04. The van der Waals surface area contributed by atoms with Gasteiger partial charge in [0.2, 0.25) is 0 Å². The van der Waals surface area contributed by atoms with Crippen molar-refractivity contribution in [1.82, 2.24) is 10.1 Å². The summed E-state index contributed by atoms with van der Waals surface area (Å²) in [7, 11) is -4.03. The lowest BCUT2D eigenvalue weighted by molar-refractivity contribution is -0.149. The van der Waals surface area contributed by atoms with E-state index in [1.54, 1.807) is 45.0 Å². The quantitative estimate of drug-likeness (QED) is 0.367. The molecule has 1 aromatic heterocycles. The lowest BCUT2D eigenvalue weighted by Gasteiger charge is -2.24. The maximum Gasteiger partial charge on any atom is 0.459 e. The van der Waals surface area contributed by atoms with Gasteiger partial charge < -0.3 is 20.1 Å². The first-order valence-corrected chi connectivity index (χ1v) is 11.4. The van der Waals surface area contributed by atoms with Gasteiger partial charge in [-0.15, -0.1) is 0 Å². The Hall–Kier alpha value is -2.45. The number of pyridine rings is 1. The van der Waals surface area contributed by atoms with Crippen LogP contribution in [-0.2, 0) is 31.8 Å². The third-order valence-corrected chi connectivity index (χ3v) is 5.95. The zero-order valence-electron chi connectivity index (χ0n) is 18.4. The van der Waals surface area contributed by atoms with Crippen LogP contribution in [0.3, 0.4) is 0 Å². The summed E-state index contributed by atoms with van der Waals surface area (Å²) < 4.78 is 29.9. The number of benzene rings is 1. The topological polar surface area (TPSA) is 133 Å². The number of carbonyl (C=O) groups is 1. The van der Waals surface area contributed by atoms with Gasteiger partial charge in [0.25, 0.3) is 0 Å². The molecule has 0 fully saturated rings. The molecule has 0 spiro atoms. The number of aromatic nitrogens is 1. The van der Waals surface area contributed by atoms with Crippen LogP contribution in [0.15, 0.2) is 30.5 Å². The van der Waals surface area contributed by atoms with Crippen molar-refractivity contribution < 1.29 is 28.3 Å². The van der Waals surface area contributed by atoms with E-state index in [0.717, 1.165) is 5.56 Å². The molecule has 0 saturated heterocycles. The molecule has 2 aromatic rings. The number of nitrogens with two attached hydrogens (primary N) is 1. The van der Waals surface area contributed by atoms with Crippen molar-refractivity contribution >= 4 is 13.7 Å². The lowest BCUT2D eigenvalue weighted by Crippen LogP contribution is -2.36. The van der Waals surface area contributed by atoms with Crippen LogP contribution in [0.5, 0.6) is 11.5 Å². The minimum Gasteiger partial charge on any atom is -0.506 e. The molecule has 10 heteroatoms. The zero-order chi connectivity index (χ0) is 23.2. The van der Waals surface area contributed by atoms with Crippen LogP contribution in [-0.4, -0.2) is 28.2 Å². The highest BCUT2D eigenvalue weighted by atomic mass is 31.2. The number of hydrogen-bond donors (Lipinski definition) is 3. The zero-order valence-corrected chi connectivity index (χ0v) is 19.3. The average molecular weight is 451 g/mol. The molecule has 9 nitrogen and oxygen atoms in total. The van der Waals surface area contributed by atoms with Gasteiger partial charge in [0.05, 0.1) is 18.4 Å². The second kappa shape index (κ2) is 10.7. The molecule has 1 aromatic carbocycles. The normalized spacial score (nSPS) is 14.2. The van der Waals surface area contributed by atoms with Crippen LogP contribution in [0.4, 0.5) is 0 Å². The molecular formula is C21H30N3O6P. The van der Waals surface area contributed by atoms with Crippen LogP contribution in [0.25, 0.3) is 0 Å². The van der Waals surface area contributed by atoms with E-state index in [0.29, 0.717) is 22.6 Å². The van der Waals surface area contributed by atoms with E-state index in [1.165, 1.54) is 13.1 Å². The molecule has 1 heterocycles. The predicted molar refractivity (Wildman–Crippen MR) is 117 cm³/mol. The molecule has 2 atom stereocenters. The summed E-state index contributed by atoms with van der Waals surface area (Å²) in [5.74, 6) is -0.335. The Kier molecular flexibility index (Phi) is 8.59. The number of carbonyl (C=O) groups excluding carboxylic acids is 1. The van der Waals surface area contributed by atoms with E-state index >= 15 is 0 Å². The van der Waals surface area contributed by atoms with Crippen LogP contribution in [0, 0.1) is 13.8 Å². The van der Waals surface area contributed by atoms with E-state index in [9.17, 15) is 14.5 Å². The van der Waals surface area contributed by atoms with Crippen molar-refractivity contribution in [1.29, 1.82) is 0 Å². The molecule has 170 valence electrons. The molecule has 0 aliphatic carbocycles. The Balaban J connectivity index is 2.26. The molecule has 0 aliphatic rings. The smallest absolute Gasteiger partial charge is 0.459 e. The Morgan fingerprint density at radius 3 is 2.45 bits per heavy atom. The fourth-order valence-corrected chi connectivity index (χ4v) is 4.11. The van der Waals surface area contributed by atoms with Crippen LogP contribution in [0.2, 0.25) is 0 Å². The highest BCUT2D eigenvalue weighted by Gasteiger charge is 2.33. The maximum absolute atomic E-state index is 13.5. The Morgan fingerprint density at radius 1 is 1.23 bits per heavy atom. The predicted octanol–water partition coefficient (Wildman–Crippen LogP) is 3.50. The number of nitrogens with zero attached hydrogens (tertiary/aromatic N) is 1. The number of ether oxygens (including phenoxy) is 1. The van der Waals surface area contributed by atoms with E-state index in [4.69, 9.17) is 19.5 Å². The summed E-state index contributed by atoms with van der Waals surface area (Å²) in [6.07, 6.45) is 1.16. The third-order valence-electron chi connectivity index (χ3n) is 4.33. The largest absolute Gasteiger partial charge is 0.506 e. The van der Waals surface area contributed by atoms with E-state index in [-0.39, 0.29) is 25.0 Å². The number of esters is 1. The molecular weight excluding hydrogens is 421 g/mol. The molecule has 0 amide bonds. The highest BCUT2D eigenvalue weighted by molar-refractivity contribution is 7.52. The van der Waals surface area contributed by atoms with Crippen molar-refractivity contribution in [2.24, 2.45) is 5.73 Å². The fraction of sp³-hybridized carbons (Fsp3) is 0.429. The minimum absolute atomic E-state index is 0.0419. The number of rotatable bonds is 10. The first-order chi connectivity index (χ1) is 14.5. The molecule has 0 bridgehead atoms. The van der Waals surface area contributed by atoms with Gasteiger partial charge in [-0.2, -0.15) is 5.09 Å². The summed E-state index contributed by atoms with van der Waals surface area (Å²) in [5, 5.41) is 12.8. The van der Waals surface area contributed by atoms with Gasteiger partial charge in [-0.05, 0) is 46.8 Å². The van der Waals surface area contributed by atoms with Crippen LogP contribution in [0.1, 0.15) is 43.2 Å². The van der Waals surface area contributed by atoms with Gasteiger partial charge in [-0.25, -0.2) is 4.57 Å². The highest BCUT2D eigenvalue weighted by Crippen LogP contribution is 2.46. The van der Waals surface area contributed by atoms with Crippen LogP contribution >= 0.6 is 7.75 Å². The first kappa shape index (κ1) is 24.8. The van der Waals surface area contributed by atoms with Gasteiger partial charge in [-0.3, -0.25) is 14.3 Å². The number of aryl methyl sites for hydroxylation is 2. The second-order valence-corrected chi connectivity index (χ2v) is 9.11. The van der Waals surface area contributed by atoms with Crippen molar-refractivity contribution in [3.63, 3.8) is 0 Å². The average Bonchev–Trinajstić information content (AvgIpc) is 2.70. The molecule has 31 heavy (non-hydrogen) atoms. The molecule has 2 rings (SSSR count). The van der Waals surface area contributed by atoms with Gasteiger partial charge in [0.1, 0.15) is 17.5 Å². The monoisotopic (exact) mass is 451 g/mol. The van der Waals surface area contributed by atoms with Crippen molar-refractivity contribution in [2.75, 3.05) is 0 Å². The summed E-state index contributed by atoms with van der Waals surface area (Å²) in [6.45, 7) is 8.33. The van der Waals surface area contributed by atoms with E-state index in [1.807, 2.05) is 6.92 Å². The molecule has 0 aliphatic heterocycles. The van der Waals surface area contributed by atoms with Gasteiger partial charge in [-0.1, -0.05) is 17.7 Å². The summed E-state index contributed by atoms with van der Waals surface area (Å²) >= 11 is 0. The summed E-state index contributed by atoms with van der Waals surface area (Å²) in [5.41, 5.74) is 8.05. The number of aromatic hydroxyl groups is 1. The van der Waals surface area contributed by atoms with E-state index in [2.05, 4.69) is 10.1 Å². The number of hydrogen-bond acceptors (Lipinski definition) is 8. The summed E-state index contributed by atoms with van der Waals surface area (Å²) in [6, 6.07) is 5.93. The van der Waals surface area contributed by atoms with Crippen LogP contribution < -0.4 is 15.3 Å². The summed E-state index contributed by atoms with van der Waals surface area (Å²) in [4.78, 5) is 16.3. The van der Waals surface area contributed by atoms with Crippen molar-refractivity contribution in [3.8, 4) is 11.5 Å². The standard InChI is InChI=1S/C21H30N3O6P/c1-13(2)29-21(26)16(5)24-31(27,30-18-8-6-14(3)7-9-18)28-12-17-11-23-15(4)20(25)19(17)10-22/h6-9,11,13,16,25H,10,12,22H2,1-5H3,(H,24,27)/t16-,31?/m0/s1. The Labute approximate surface area is 182 Å². The van der Waals surface area contributed by atoms with Gasteiger partial charge >= 0.3 is 13.7 Å². The fourth-order valence-electron chi connectivity index (χ4n) is 2.64. The second-order valence-electron chi connectivity index (χ2n) is 7.41.